The number of nitrogens with one attached hydrogen (secondary N) is 1. The highest BCUT2D eigenvalue weighted by atomic mass is 35.5. The highest BCUT2D eigenvalue weighted by Crippen LogP contribution is 2.42. The van der Waals surface area contributed by atoms with Gasteiger partial charge in [0.15, 0.2) is 0 Å². The fourth-order valence-electron chi connectivity index (χ4n) is 4.75. The van der Waals surface area contributed by atoms with E-state index < -0.39 is 63.8 Å². The van der Waals surface area contributed by atoms with E-state index in [4.69, 9.17) is 11.6 Å². The Morgan fingerprint density at radius 3 is 2.19 bits per heavy atom. The van der Waals surface area contributed by atoms with Crippen LogP contribution >= 0.6 is 24.0 Å². The Hall–Kier alpha value is -1.25. The van der Waals surface area contributed by atoms with Crippen molar-refractivity contribution in [2.45, 2.75) is 56.3 Å². The molecule has 7 nitrogen and oxygen atoms in total. The van der Waals surface area contributed by atoms with Crippen LogP contribution in [0.15, 0.2) is 18.2 Å². The summed E-state index contributed by atoms with van der Waals surface area (Å²) >= 11 is 5.92. The molecular weight excluding hydrogens is 568 g/mol. The van der Waals surface area contributed by atoms with E-state index in [0.717, 1.165) is 12.1 Å². The molecule has 2 fully saturated rings. The Morgan fingerprint density at radius 2 is 1.70 bits per heavy atom. The van der Waals surface area contributed by atoms with E-state index in [-0.39, 0.29) is 68.6 Å². The molecule has 1 saturated carbocycles. The number of benzene rings is 1. The van der Waals surface area contributed by atoms with Crippen LogP contribution in [0.1, 0.15) is 48.5 Å². The van der Waals surface area contributed by atoms with Gasteiger partial charge in [-0.3, -0.25) is 9.69 Å². The SMILES string of the molecule is CC(O)CS(=O)(=O)N1CCN(C2(CNC(=O)c3ccc(C(F)(F)F)cc3Cl)CCC(F)(F)CC2)CC1.Cl. The van der Waals surface area contributed by atoms with Gasteiger partial charge < -0.3 is 10.4 Å². The number of hydrogen-bond acceptors (Lipinski definition) is 5. The fourth-order valence-corrected chi connectivity index (χ4v) is 6.56. The van der Waals surface area contributed by atoms with Crippen molar-refractivity contribution in [1.82, 2.24) is 14.5 Å². The molecule has 1 aromatic rings. The molecule has 1 atom stereocenters. The first-order valence-electron chi connectivity index (χ1n) is 11.5. The number of amides is 1. The minimum Gasteiger partial charge on any atom is -0.392 e. The van der Waals surface area contributed by atoms with Gasteiger partial charge in [0.1, 0.15) is 0 Å². The Bertz CT molecular complexity index is 1050. The third-order valence-corrected chi connectivity index (χ3v) is 9.15. The molecule has 1 aromatic carbocycles. The smallest absolute Gasteiger partial charge is 0.392 e. The number of aliphatic hydroxyl groups is 1. The Balaban J connectivity index is 0.00000481. The predicted octanol–water partition coefficient (Wildman–Crippen LogP) is 3.79. The van der Waals surface area contributed by atoms with E-state index in [1.807, 2.05) is 4.90 Å². The zero-order chi connectivity index (χ0) is 26.9. The lowest BCUT2D eigenvalue weighted by molar-refractivity contribution is -0.137. The maximum absolute atomic E-state index is 14.0. The van der Waals surface area contributed by atoms with E-state index in [1.165, 1.54) is 11.2 Å². The molecule has 1 aliphatic heterocycles. The summed E-state index contributed by atoms with van der Waals surface area (Å²) in [4.78, 5) is 14.6. The van der Waals surface area contributed by atoms with Gasteiger partial charge in [0.05, 0.1) is 28.0 Å². The first-order chi connectivity index (χ1) is 16.5. The van der Waals surface area contributed by atoms with Crippen molar-refractivity contribution in [1.29, 1.82) is 0 Å². The topological polar surface area (TPSA) is 89.9 Å². The lowest BCUT2D eigenvalue weighted by atomic mass is 9.78. The second kappa shape index (κ2) is 11.9. The first-order valence-corrected chi connectivity index (χ1v) is 13.5. The van der Waals surface area contributed by atoms with Crippen molar-refractivity contribution in [2.24, 2.45) is 0 Å². The fraction of sp³-hybridized carbons (Fsp3) is 0.682. The third kappa shape index (κ3) is 7.89. The standard InChI is InChI=1S/C22H29ClF5N3O4S.ClH/c1-15(32)13-36(34,35)31-10-8-30(9-11-31)20(4-6-21(24,25)7-5-20)14-29-19(33)17-3-2-16(12-18(17)23)22(26,27)28;/h2-3,12,15,32H,4-11,13-14H2,1H3,(H,29,33);1H. The molecule has 1 aliphatic carbocycles. The van der Waals surface area contributed by atoms with Crippen LogP contribution in [0.3, 0.4) is 0 Å². The van der Waals surface area contributed by atoms with Crippen LogP contribution in [-0.2, 0) is 16.2 Å². The second-order valence-corrected chi connectivity index (χ2v) is 11.9. The lowest BCUT2D eigenvalue weighted by Crippen LogP contribution is -2.63. The van der Waals surface area contributed by atoms with Crippen LogP contribution < -0.4 is 5.32 Å². The molecule has 0 bridgehead atoms. The van der Waals surface area contributed by atoms with Crippen LogP contribution in [0, 0.1) is 0 Å². The first kappa shape index (κ1) is 32.0. The number of piperazine rings is 1. The predicted molar refractivity (Wildman–Crippen MR) is 131 cm³/mol. The molecule has 1 saturated heterocycles. The highest BCUT2D eigenvalue weighted by Gasteiger charge is 2.48. The number of nitrogens with zero attached hydrogens (tertiary/aromatic N) is 2. The zero-order valence-electron chi connectivity index (χ0n) is 20.0. The number of alkyl halides is 5. The van der Waals surface area contributed by atoms with Crippen LogP contribution in [0.2, 0.25) is 5.02 Å². The van der Waals surface area contributed by atoms with Gasteiger partial charge in [-0.2, -0.15) is 17.5 Å². The molecule has 0 radical (unpaired) electrons. The average Bonchev–Trinajstić information content (AvgIpc) is 2.77. The molecule has 1 amide bonds. The lowest BCUT2D eigenvalue weighted by Gasteiger charge is -2.50. The van der Waals surface area contributed by atoms with Gasteiger partial charge in [-0.25, -0.2) is 17.2 Å². The molecule has 15 heteroatoms. The number of aliphatic hydroxyl groups excluding tert-OH is 1. The molecule has 0 aromatic heterocycles. The number of rotatable bonds is 7. The summed E-state index contributed by atoms with van der Waals surface area (Å²) in [5.41, 5.74) is -2.05. The number of carbonyl (C=O) groups excluding carboxylic acids is 1. The number of halogens is 7. The minimum atomic E-state index is -4.62. The van der Waals surface area contributed by atoms with Crippen molar-refractivity contribution in [3.8, 4) is 0 Å². The largest absolute Gasteiger partial charge is 0.416 e. The van der Waals surface area contributed by atoms with Gasteiger partial charge in [0.25, 0.3) is 5.91 Å². The quantitative estimate of drug-likeness (QED) is 0.467. The van der Waals surface area contributed by atoms with Crippen LogP contribution in [0.4, 0.5) is 22.0 Å². The Kier molecular flexibility index (Phi) is 10.3. The molecule has 1 heterocycles. The Labute approximate surface area is 223 Å². The molecule has 212 valence electrons. The second-order valence-electron chi connectivity index (χ2n) is 9.47. The van der Waals surface area contributed by atoms with Crippen molar-refractivity contribution >= 4 is 39.9 Å². The van der Waals surface area contributed by atoms with E-state index in [2.05, 4.69) is 5.32 Å². The number of sulfonamides is 1. The molecule has 2 aliphatic rings. The molecule has 2 N–H and O–H groups in total. The normalized spacial score (nSPS) is 21.6. The van der Waals surface area contributed by atoms with Crippen molar-refractivity contribution < 1.29 is 40.3 Å². The summed E-state index contributed by atoms with van der Waals surface area (Å²) in [5, 5.41) is 11.7. The van der Waals surface area contributed by atoms with E-state index >= 15 is 0 Å². The maximum Gasteiger partial charge on any atom is 0.416 e. The summed E-state index contributed by atoms with van der Waals surface area (Å²) in [7, 11) is -3.68. The van der Waals surface area contributed by atoms with Crippen molar-refractivity contribution in [3.05, 3.63) is 34.3 Å². The average molecular weight is 598 g/mol. The summed E-state index contributed by atoms with van der Waals surface area (Å²) in [5.74, 6) is -4.01. The number of carbonyl (C=O) groups is 1. The maximum atomic E-state index is 14.0. The zero-order valence-corrected chi connectivity index (χ0v) is 22.4. The molecule has 3 rings (SSSR count). The van der Waals surface area contributed by atoms with Crippen molar-refractivity contribution in [2.75, 3.05) is 38.5 Å². The van der Waals surface area contributed by atoms with Gasteiger partial charge in [-0.05, 0) is 38.0 Å². The van der Waals surface area contributed by atoms with Gasteiger partial charge in [-0.15, -0.1) is 12.4 Å². The van der Waals surface area contributed by atoms with Crippen LogP contribution in [-0.4, -0.2) is 84.7 Å². The molecular formula is C22H30Cl2F5N3O4S. The van der Waals surface area contributed by atoms with E-state index in [1.54, 1.807) is 0 Å². The highest BCUT2D eigenvalue weighted by molar-refractivity contribution is 7.89. The van der Waals surface area contributed by atoms with Crippen LogP contribution in [0.25, 0.3) is 0 Å². The summed E-state index contributed by atoms with van der Waals surface area (Å²) in [6, 6.07) is 2.36. The summed E-state index contributed by atoms with van der Waals surface area (Å²) in [6.45, 7) is 2.00. The van der Waals surface area contributed by atoms with Gasteiger partial charge in [0, 0.05) is 51.1 Å². The molecule has 0 spiro atoms. The summed E-state index contributed by atoms with van der Waals surface area (Å²) < 4.78 is 92.8. The van der Waals surface area contributed by atoms with Crippen LogP contribution in [0.5, 0.6) is 0 Å². The third-order valence-electron chi connectivity index (χ3n) is 6.79. The molecule has 37 heavy (non-hydrogen) atoms. The monoisotopic (exact) mass is 597 g/mol. The van der Waals surface area contributed by atoms with Gasteiger partial charge in [0.2, 0.25) is 15.9 Å². The van der Waals surface area contributed by atoms with E-state index in [0.29, 0.717) is 6.07 Å². The van der Waals surface area contributed by atoms with Gasteiger partial charge >= 0.3 is 6.18 Å². The van der Waals surface area contributed by atoms with Gasteiger partial charge in [-0.1, -0.05) is 11.6 Å². The van der Waals surface area contributed by atoms with Crippen molar-refractivity contribution in [3.63, 3.8) is 0 Å². The molecule has 1 unspecified atom stereocenters. The summed E-state index contributed by atoms with van der Waals surface area (Å²) in [6.07, 6.45) is -6.40. The minimum absolute atomic E-state index is 0. The Morgan fingerprint density at radius 1 is 1.14 bits per heavy atom. The number of hydrogen-bond donors (Lipinski definition) is 2. The van der Waals surface area contributed by atoms with E-state index in [9.17, 15) is 40.3 Å².